The minimum atomic E-state index is -0.369. The lowest BCUT2D eigenvalue weighted by molar-refractivity contribution is 0.158. The zero-order valence-corrected chi connectivity index (χ0v) is 11.9. The molecule has 102 valence electrons. The lowest BCUT2D eigenvalue weighted by Crippen LogP contribution is -2.54. The molecule has 0 bridgehead atoms. The average molecular weight is 259 g/mol. The van der Waals surface area contributed by atoms with Gasteiger partial charge in [0, 0.05) is 31.9 Å². The summed E-state index contributed by atoms with van der Waals surface area (Å²) in [5.74, 6) is 0.882. The number of nitriles is 1. The Morgan fingerprint density at radius 1 is 1.11 bits per heavy atom. The molecule has 1 aromatic carbocycles. The highest BCUT2D eigenvalue weighted by atomic mass is 16.5. The van der Waals surface area contributed by atoms with E-state index < -0.39 is 0 Å². The van der Waals surface area contributed by atoms with Crippen LogP contribution in [0.5, 0.6) is 5.75 Å². The summed E-state index contributed by atoms with van der Waals surface area (Å²) in [6, 6.07) is 10.5. The number of anilines is 1. The molecule has 1 heterocycles. The normalized spacial score (nSPS) is 17.1. The van der Waals surface area contributed by atoms with Crippen LogP contribution in [0.1, 0.15) is 13.8 Å². The zero-order chi connectivity index (χ0) is 13.9. The molecule has 1 fully saturated rings. The molecule has 0 unspecified atom stereocenters. The van der Waals surface area contributed by atoms with Gasteiger partial charge in [-0.25, -0.2) is 0 Å². The van der Waals surface area contributed by atoms with Crippen molar-refractivity contribution in [2.45, 2.75) is 19.4 Å². The maximum Gasteiger partial charge on any atom is 0.119 e. The maximum absolute atomic E-state index is 9.17. The molecule has 0 atom stereocenters. The van der Waals surface area contributed by atoms with E-state index in [9.17, 15) is 0 Å². The summed E-state index contributed by atoms with van der Waals surface area (Å²) in [6.45, 7) is 7.72. The van der Waals surface area contributed by atoms with Gasteiger partial charge in [0.25, 0.3) is 0 Å². The first kappa shape index (κ1) is 13.7. The minimum absolute atomic E-state index is 0.369. The van der Waals surface area contributed by atoms with Gasteiger partial charge in [-0.05, 0) is 38.1 Å². The van der Waals surface area contributed by atoms with Crippen LogP contribution < -0.4 is 9.64 Å². The van der Waals surface area contributed by atoms with Gasteiger partial charge < -0.3 is 9.64 Å². The van der Waals surface area contributed by atoms with Crippen molar-refractivity contribution in [1.82, 2.24) is 4.90 Å². The van der Waals surface area contributed by atoms with Crippen LogP contribution in [0.3, 0.4) is 0 Å². The van der Waals surface area contributed by atoms with Crippen LogP contribution in [-0.2, 0) is 0 Å². The number of ether oxygens (including phenoxy) is 1. The highest BCUT2D eigenvalue weighted by Crippen LogP contribution is 2.22. The molecule has 4 nitrogen and oxygen atoms in total. The van der Waals surface area contributed by atoms with Crippen LogP contribution in [0.25, 0.3) is 0 Å². The summed E-state index contributed by atoms with van der Waals surface area (Å²) in [6.07, 6.45) is 0. The molecule has 19 heavy (non-hydrogen) atoms. The fourth-order valence-electron chi connectivity index (χ4n) is 2.39. The molecule has 0 aromatic heterocycles. The Labute approximate surface area is 115 Å². The van der Waals surface area contributed by atoms with Crippen molar-refractivity contribution in [1.29, 1.82) is 5.26 Å². The standard InChI is InChI=1S/C15H21N3O/c1-15(2,12-16)18-10-8-17(9-11-18)13-4-6-14(19-3)7-5-13/h4-7H,8-11H2,1-3H3. The quantitative estimate of drug-likeness (QED) is 0.833. The van der Waals surface area contributed by atoms with Gasteiger partial charge in [-0.3, -0.25) is 4.90 Å². The van der Waals surface area contributed by atoms with Crippen molar-refractivity contribution < 1.29 is 4.74 Å². The highest BCUT2D eigenvalue weighted by Gasteiger charge is 2.29. The topological polar surface area (TPSA) is 39.5 Å². The second-order valence-electron chi connectivity index (χ2n) is 5.34. The van der Waals surface area contributed by atoms with E-state index in [-0.39, 0.29) is 5.54 Å². The van der Waals surface area contributed by atoms with E-state index in [0.29, 0.717) is 0 Å². The van der Waals surface area contributed by atoms with Gasteiger partial charge >= 0.3 is 0 Å². The first-order valence-electron chi connectivity index (χ1n) is 6.62. The SMILES string of the molecule is COc1ccc(N2CCN(C(C)(C)C#N)CC2)cc1. The third-order valence-corrected chi connectivity index (χ3v) is 3.78. The number of rotatable bonds is 3. The molecule has 2 rings (SSSR count). The van der Waals surface area contributed by atoms with E-state index in [0.717, 1.165) is 31.9 Å². The number of methoxy groups -OCH3 is 1. The first-order valence-corrected chi connectivity index (χ1v) is 6.62. The van der Waals surface area contributed by atoms with Crippen LogP contribution in [0, 0.1) is 11.3 Å². The number of hydrogen-bond donors (Lipinski definition) is 0. The summed E-state index contributed by atoms with van der Waals surface area (Å²) in [5, 5.41) is 9.17. The summed E-state index contributed by atoms with van der Waals surface area (Å²) >= 11 is 0. The molecule has 0 saturated carbocycles. The van der Waals surface area contributed by atoms with Gasteiger partial charge in [0.2, 0.25) is 0 Å². The monoisotopic (exact) mass is 259 g/mol. The van der Waals surface area contributed by atoms with E-state index >= 15 is 0 Å². The molecular formula is C15H21N3O. The van der Waals surface area contributed by atoms with Crippen molar-refractivity contribution in [3.8, 4) is 11.8 Å². The van der Waals surface area contributed by atoms with Gasteiger partial charge in [-0.1, -0.05) is 0 Å². The lowest BCUT2D eigenvalue weighted by Gasteiger charge is -2.41. The Morgan fingerprint density at radius 2 is 1.68 bits per heavy atom. The van der Waals surface area contributed by atoms with Gasteiger partial charge in [0.1, 0.15) is 11.3 Å². The van der Waals surface area contributed by atoms with Crippen molar-refractivity contribution in [3.63, 3.8) is 0 Å². The summed E-state index contributed by atoms with van der Waals surface area (Å²) in [4.78, 5) is 4.59. The fraction of sp³-hybridized carbons (Fsp3) is 0.533. The van der Waals surface area contributed by atoms with Crippen LogP contribution in [0.2, 0.25) is 0 Å². The van der Waals surface area contributed by atoms with Gasteiger partial charge in [0.05, 0.1) is 13.2 Å². The molecule has 1 aliphatic heterocycles. The Balaban J connectivity index is 1.98. The number of benzene rings is 1. The Hall–Kier alpha value is -1.73. The van der Waals surface area contributed by atoms with Gasteiger partial charge in [-0.2, -0.15) is 5.26 Å². The molecule has 0 radical (unpaired) electrons. The molecule has 1 saturated heterocycles. The van der Waals surface area contributed by atoms with Crippen LogP contribution in [-0.4, -0.2) is 43.7 Å². The second-order valence-corrected chi connectivity index (χ2v) is 5.34. The number of nitrogens with zero attached hydrogens (tertiary/aromatic N) is 3. The Bertz CT molecular complexity index is 453. The Kier molecular flexibility index (Phi) is 3.96. The lowest BCUT2D eigenvalue weighted by atomic mass is 10.0. The third kappa shape index (κ3) is 2.99. The molecule has 4 heteroatoms. The van der Waals surface area contributed by atoms with Crippen molar-refractivity contribution in [3.05, 3.63) is 24.3 Å². The van der Waals surface area contributed by atoms with Crippen molar-refractivity contribution >= 4 is 5.69 Å². The first-order chi connectivity index (χ1) is 9.06. The average Bonchev–Trinajstić information content (AvgIpc) is 2.47. The smallest absolute Gasteiger partial charge is 0.119 e. The molecule has 0 spiro atoms. The largest absolute Gasteiger partial charge is 0.497 e. The molecule has 0 amide bonds. The van der Waals surface area contributed by atoms with Gasteiger partial charge in [0.15, 0.2) is 0 Å². The molecule has 1 aliphatic rings. The van der Waals surface area contributed by atoms with Gasteiger partial charge in [-0.15, -0.1) is 0 Å². The molecule has 1 aromatic rings. The summed E-state index contributed by atoms with van der Waals surface area (Å²) in [5.41, 5.74) is 0.849. The molecule has 0 aliphatic carbocycles. The molecule has 0 N–H and O–H groups in total. The van der Waals surface area contributed by atoms with E-state index in [2.05, 4.69) is 28.0 Å². The zero-order valence-electron chi connectivity index (χ0n) is 11.9. The van der Waals surface area contributed by atoms with E-state index in [1.54, 1.807) is 7.11 Å². The maximum atomic E-state index is 9.17. The van der Waals surface area contributed by atoms with E-state index in [4.69, 9.17) is 10.00 Å². The van der Waals surface area contributed by atoms with Crippen LogP contribution in [0.15, 0.2) is 24.3 Å². The van der Waals surface area contributed by atoms with E-state index in [1.165, 1.54) is 5.69 Å². The third-order valence-electron chi connectivity index (χ3n) is 3.78. The summed E-state index contributed by atoms with van der Waals surface area (Å²) < 4.78 is 5.17. The number of piperazine rings is 1. The predicted octanol–water partition coefficient (Wildman–Crippen LogP) is 2.12. The predicted molar refractivity (Wildman–Crippen MR) is 76.5 cm³/mol. The van der Waals surface area contributed by atoms with Crippen molar-refractivity contribution in [2.24, 2.45) is 0 Å². The Morgan fingerprint density at radius 3 is 2.16 bits per heavy atom. The summed E-state index contributed by atoms with van der Waals surface area (Å²) in [7, 11) is 1.68. The highest BCUT2D eigenvalue weighted by molar-refractivity contribution is 5.49. The second kappa shape index (κ2) is 5.50. The number of hydrogen-bond acceptors (Lipinski definition) is 4. The minimum Gasteiger partial charge on any atom is -0.497 e. The van der Waals surface area contributed by atoms with Crippen molar-refractivity contribution in [2.75, 3.05) is 38.2 Å². The molecular weight excluding hydrogens is 238 g/mol. The fourth-order valence-corrected chi connectivity index (χ4v) is 2.39. The van der Waals surface area contributed by atoms with E-state index in [1.807, 2.05) is 26.0 Å². The van der Waals surface area contributed by atoms with Crippen LogP contribution >= 0.6 is 0 Å². The van der Waals surface area contributed by atoms with Crippen LogP contribution in [0.4, 0.5) is 5.69 Å².